The summed E-state index contributed by atoms with van der Waals surface area (Å²) < 4.78 is 4.82. The molecular weight excluding hydrogens is 276 g/mol. The van der Waals surface area contributed by atoms with E-state index >= 15 is 0 Å². The van der Waals surface area contributed by atoms with Gasteiger partial charge in [-0.05, 0) is 12.1 Å². The van der Waals surface area contributed by atoms with Gasteiger partial charge in [-0.1, -0.05) is 0 Å². The molecule has 8 heteroatoms. The molecule has 0 spiro atoms. The van der Waals surface area contributed by atoms with Crippen molar-refractivity contribution < 1.29 is 14.5 Å². The summed E-state index contributed by atoms with van der Waals surface area (Å²) in [6.07, 6.45) is 0. The Kier molecular flexibility index (Phi) is 6.10. The lowest BCUT2D eigenvalue weighted by molar-refractivity contribution is -0.385. The Morgan fingerprint density at radius 3 is 2.86 bits per heavy atom. The molecule has 8 nitrogen and oxygen atoms in total. The van der Waals surface area contributed by atoms with Gasteiger partial charge in [-0.3, -0.25) is 14.9 Å². The maximum absolute atomic E-state index is 11.6. The summed E-state index contributed by atoms with van der Waals surface area (Å²) in [6.45, 7) is 0.908. The molecule has 0 atom stereocenters. The fraction of sp³-hybridized carbons (Fsp3) is 0.385. The van der Waals surface area contributed by atoms with Gasteiger partial charge in [-0.15, -0.1) is 0 Å². The minimum atomic E-state index is -0.611. The highest BCUT2D eigenvalue weighted by Crippen LogP contribution is 2.23. The lowest BCUT2D eigenvalue weighted by Gasteiger charge is -2.18. The number of hydrogen-bond acceptors (Lipinski definition) is 6. The topological polar surface area (TPSA) is 108 Å². The lowest BCUT2D eigenvalue weighted by atomic mass is 10.1. The van der Waals surface area contributed by atoms with Gasteiger partial charge in [0.1, 0.15) is 11.6 Å². The van der Waals surface area contributed by atoms with Crippen molar-refractivity contribution in [3.63, 3.8) is 0 Å². The van der Waals surface area contributed by atoms with E-state index in [0.717, 1.165) is 0 Å². The van der Waals surface area contributed by atoms with Crippen molar-refractivity contribution in [1.82, 2.24) is 5.32 Å². The first kappa shape index (κ1) is 16.4. The number of nitrogens with one attached hydrogen (secondary N) is 1. The van der Waals surface area contributed by atoms with Gasteiger partial charge in [-0.2, -0.15) is 5.26 Å². The number of carbonyl (C=O) groups excluding carboxylic acids is 1. The van der Waals surface area contributed by atoms with Crippen molar-refractivity contribution >= 4 is 17.3 Å². The molecule has 0 aliphatic heterocycles. The molecule has 0 saturated heterocycles. The summed E-state index contributed by atoms with van der Waals surface area (Å²) in [4.78, 5) is 23.4. The zero-order chi connectivity index (χ0) is 15.8. The van der Waals surface area contributed by atoms with E-state index < -0.39 is 4.92 Å². The number of anilines is 1. The van der Waals surface area contributed by atoms with Gasteiger partial charge in [0.15, 0.2) is 0 Å². The van der Waals surface area contributed by atoms with Crippen molar-refractivity contribution in [2.24, 2.45) is 0 Å². The molecule has 21 heavy (non-hydrogen) atoms. The number of hydrogen-bond donors (Lipinski definition) is 1. The minimum Gasteiger partial charge on any atom is -0.383 e. The number of nitro benzene ring substituents is 1. The molecule has 0 fully saturated rings. The third-order valence-electron chi connectivity index (χ3n) is 2.75. The van der Waals surface area contributed by atoms with Crippen molar-refractivity contribution in [3.8, 4) is 6.07 Å². The van der Waals surface area contributed by atoms with Crippen LogP contribution in [0.2, 0.25) is 0 Å². The number of amides is 1. The van der Waals surface area contributed by atoms with Crippen LogP contribution in [-0.4, -0.2) is 44.7 Å². The number of likely N-dealkylation sites (N-methyl/N-ethyl adjacent to an activating group) is 1. The number of nitrogens with zero attached hydrogens (tertiary/aromatic N) is 3. The van der Waals surface area contributed by atoms with Gasteiger partial charge in [-0.25, -0.2) is 0 Å². The van der Waals surface area contributed by atoms with E-state index in [9.17, 15) is 14.9 Å². The largest absolute Gasteiger partial charge is 0.383 e. The van der Waals surface area contributed by atoms with E-state index in [-0.39, 0.29) is 23.7 Å². The number of ether oxygens (including phenoxy) is 1. The Labute approximate surface area is 122 Å². The van der Waals surface area contributed by atoms with E-state index in [1.807, 2.05) is 0 Å². The third-order valence-corrected chi connectivity index (χ3v) is 2.75. The van der Waals surface area contributed by atoms with E-state index in [1.54, 1.807) is 25.1 Å². The molecule has 1 rings (SSSR count). The summed E-state index contributed by atoms with van der Waals surface area (Å²) in [5, 5.41) is 22.3. The van der Waals surface area contributed by atoms with Gasteiger partial charge in [0.25, 0.3) is 5.69 Å². The van der Waals surface area contributed by atoms with Crippen LogP contribution in [0, 0.1) is 21.4 Å². The average molecular weight is 292 g/mol. The van der Waals surface area contributed by atoms with Crippen LogP contribution < -0.4 is 10.2 Å². The number of benzene rings is 1. The molecule has 0 radical (unpaired) electrons. The molecular formula is C13H16N4O4. The normalized spacial score (nSPS) is 9.76. The molecule has 1 aromatic rings. The second kappa shape index (κ2) is 7.81. The zero-order valence-corrected chi connectivity index (χ0v) is 11.8. The van der Waals surface area contributed by atoms with E-state index in [0.29, 0.717) is 18.8 Å². The van der Waals surface area contributed by atoms with Crippen molar-refractivity contribution in [2.75, 3.05) is 38.8 Å². The van der Waals surface area contributed by atoms with Gasteiger partial charge < -0.3 is 15.0 Å². The second-order valence-corrected chi connectivity index (χ2v) is 4.27. The van der Waals surface area contributed by atoms with Crippen molar-refractivity contribution in [1.29, 1.82) is 5.26 Å². The first-order chi connectivity index (χ1) is 9.99. The van der Waals surface area contributed by atoms with Crippen LogP contribution in [0.15, 0.2) is 18.2 Å². The van der Waals surface area contributed by atoms with Crippen LogP contribution in [-0.2, 0) is 9.53 Å². The number of methoxy groups -OCH3 is 1. The van der Waals surface area contributed by atoms with Crippen LogP contribution in [0.3, 0.4) is 0 Å². The average Bonchev–Trinajstić information content (AvgIpc) is 2.46. The summed E-state index contributed by atoms with van der Waals surface area (Å²) in [5.41, 5.74) is 0.266. The van der Waals surface area contributed by atoms with E-state index in [2.05, 4.69) is 5.32 Å². The number of nitro groups is 1. The molecule has 1 aromatic carbocycles. The monoisotopic (exact) mass is 292 g/mol. The standard InChI is InChI=1S/C13H16N4O4/c1-16(9-13(18)15-5-6-21-2)11-3-4-12(17(19)20)10(7-11)8-14/h3-4,7H,5-6,9H2,1-2H3,(H,15,18). The van der Waals surface area contributed by atoms with Crippen LogP contribution in [0.25, 0.3) is 0 Å². The fourth-order valence-corrected chi connectivity index (χ4v) is 1.67. The van der Waals surface area contributed by atoms with Crippen LogP contribution in [0.1, 0.15) is 5.56 Å². The molecule has 0 aliphatic rings. The Bertz CT molecular complexity index is 568. The quantitative estimate of drug-likeness (QED) is 0.449. The zero-order valence-electron chi connectivity index (χ0n) is 11.8. The Balaban J connectivity index is 2.75. The predicted molar refractivity (Wildman–Crippen MR) is 76.0 cm³/mol. The molecule has 0 unspecified atom stereocenters. The van der Waals surface area contributed by atoms with Gasteiger partial charge in [0, 0.05) is 32.5 Å². The van der Waals surface area contributed by atoms with Crippen LogP contribution in [0.4, 0.5) is 11.4 Å². The summed E-state index contributed by atoms with van der Waals surface area (Å²) in [7, 11) is 3.21. The lowest BCUT2D eigenvalue weighted by Crippen LogP contribution is -2.36. The molecule has 0 aromatic heterocycles. The minimum absolute atomic E-state index is 0.0378. The Morgan fingerprint density at radius 1 is 1.57 bits per heavy atom. The van der Waals surface area contributed by atoms with Crippen molar-refractivity contribution in [2.45, 2.75) is 0 Å². The first-order valence-corrected chi connectivity index (χ1v) is 6.15. The highest BCUT2D eigenvalue weighted by atomic mass is 16.6. The number of rotatable bonds is 7. The number of carbonyl (C=O) groups is 1. The fourth-order valence-electron chi connectivity index (χ4n) is 1.67. The molecule has 0 bridgehead atoms. The summed E-state index contributed by atoms with van der Waals surface area (Å²) >= 11 is 0. The highest BCUT2D eigenvalue weighted by molar-refractivity contribution is 5.81. The Hall–Kier alpha value is -2.66. The SMILES string of the molecule is COCCNC(=O)CN(C)c1ccc([N+](=O)[O-])c(C#N)c1. The van der Waals surface area contributed by atoms with Gasteiger partial charge in [0.2, 0.25) is 5.91 Å². The van der Waals surface area contributed by atoms with Crippen LogP contribution >= 0.6 is 0 Å². The number of nitriles is 1. The molecule has 112 valence electrons. The molecule has 1 N–H and O–H groups in total. The predicted octanol–water partition coefficient (Wildman–Crippen LogP) is 0.665. The van der Waals surface area contributed by atoms with Crippen LogP contribution in [0.5, 0.6) is 0 Å². The van der Waals surface area contributed by atoms with Gasteiger partial charge >= 0.3 is 0 Å². The van der Waals surface area contributed by atoms with Gasteiger partial charge in [0.05, 0.1) is 18.1 Å². The molecule has 0 saturated carbocycles. The maximum atomic E-state index is 11.6. The first-order valence-electron chi connectivity index (χ1n) is 6.15. The summed E-state index contributed by atoms with van der Waals surface area (Å²) in [5.74, 6) is -0.202. The molecule has 0 aliphatic carbocycles. The van der Waals surface area contributed by atoms with E-state index in [4.69, 9.17) is 10.00 Å². The maximum Gasteiger partial charge on any atom is 0.287 e. The molecule has 0 heterocycles. The van der Waals surface area contributed by atoms with Crippen molar-refractivity contribution in [3.05, 3.63) is 33.9 Å². The second-order valence-electron chi connectivity index (χ2n) is 4.27. The highest BCUT2D eigenvalue weighted by Gasteiger charge is 2.16. The molecule has 1 amide bonds. The third kappa shape index (κ3) is 4.74. The van der Waals surface area contributed by atoms with E-state index in [1.165, 1.54) is 18.2 Å². The Morgan fingerprint density at radius 2 is 2.29 bits per heavy atom. The summed E-state index contributed by atoms with van der Waals surface area (Å²) in [6, 6.07) is 5.93. The smallest absolute Gasteiger partial charge is 0.287 e.